The normalized spacial score (nSPS) is 15.2. The summed E-state index contributed by atoms with van der Waals surface area (Å²) in [4.78, 5) is 0.673. The Morgan fingerprint density at radius 1 is 0.765 bits per heavy atom. The molecule has 1 heteroatoms. The van der Waals surface area contributed by atoms with Crippen molar-refractivity contribution in [2.75, 3.05) is 0 Å². The number of unbranched alkanes of at least 4 members (excludes halogenated alkanes) is 7. The summed E-state index contributed by atoms with van der Waals surface area (Å²) >= 11 is 3.75. The lowest BCUT2D eigenvalue weighted by Gasteiger charge is -2.23. The molecule has 2 unspecified atom stereocenters. The van der Waals surface area contributed by atoms with Crippen LogP contribution in [0.25, 0.3) is 0 Å². The van der Waals surface area contributed by atoms with Gasteiger partial charge in [-0.3, -0.25) is 0 Å². The van der Waals surface area contributed by atoms with Crippen LogP contribution in [0.3, 0.4) is 0 Å². The summed E-state index contributed by atoms with van der Waals surface area (Å²) in [6.07, 6.45) is 12.9. The first-order chi connectivity index (χ1) is 8.09. The van der Waals surface area contributed by atoms with Gasteiger partial charge in [0.15, 0.2) is 0 Å². The molecular formula is C16H33Br. The van der Waals surface area contributed by atoms with Gasteiger partial charge in [0.05, 0.1) is 0 Å². The summed E-state index contributed by atoms with van der Waals surface area (Å²) in [5.41, 5.74) is 0. The molecule has 0 N–H and O–H groups in total. The van der Waals surface area contributed by atoms with Crippen molar-refractivity contribution in [3.8, 4) is 0 Å². The highest BCUT2D eigenvalue weighted by Crippen LogP contribution is 2.27. The number of hydrogen-bond donors (Lipinski definition) is 0. The molecule has 0 aliphatic rings. The van der Waals surface area contributed by atoms with Crippen molar-refractivity contribution < 1.29 is 0 Å². The molecule has 0 saturated heterocycles. The van der Waals surface area contributed by atoms with Crippen molar-refractivity contribution in [2.45, 2.75) is 90.3 Å². The monoisotopic (exact) mass is 304 g/mol. The van der Waals surface area contributed by atoms with Gasteiger partial charge in [-0.15, -0.1) is 0 Å². The van der Waals surface area contributed by atoms with Crippen LogP contribution in [0, 0.1) is 11.8 Å². The molecule has 0 aliphatic carbocycles. The average Bonchev–Trinajstić information content (AvgIpc) is 2.26. The highest BCUT2D eigenvalue weighted by atomic mass is 79.9. The first-order valence-corrected chi connectivity index (χ1v) is 8.65. The molecule has 0 radical (unpaired) electrons. The molecule has 0 aromatic rings. The predicted octanol–water partition coefficient (Wildman–Crippen LogP) is 6.57. The maximum Gasteiger partial charge on any atom is 0.0148 e. The Hall–Kier alpha value is 0.480. The SMILES string of the molecule is CCCCCCCCCCC(C(C)C)C(C)Br. The Bertz CT molecular complexity index is 144. The zero-order chi connectivity index (χ0) is 13.1. The lowest BCUT2D eigenvalue weighted by atomic mass is 9.88. The third-order valence-electron chi connectivity index (χ3n) is 3.84. The molecular weight excluding hydrogens is 272 g/mol. The minimum Gasteiger partial charge on any atom is -0.0891 e. The standard InChI is InChI=1S/C16H33Br/c1-5-6-7-8-9-10-11-12-13-16(14(2)3)15(4)17/h14-16H,5-13H2,1-4H3. The van der Waals surface area contributed by atoms with Gasteiger partial charge in [-0.25, -0.2) is 0 Å². The number of alkyl halides is 1. The Balaban J connectivity index is 3.37. The zero-order valence-electron chi connectivity index (χ0n) is 12.5. The Kier molecular flexibility index (Phi) is 11.9. The smallest absolute Gasteiger partial charge is 0.0148 e. The first kappa shape index (κ1) is 17.5. The van der Waals surface area contributed by atoms with E-state index in [9.17, 15) is 0 Å². The van der Waals surface area contributed by atoms with Crippen LogP contribution in [-0.2, 0) is 0 Å². The van der Waals surface area contributed by atoms with Crippen LogP contribution < -0.4 is 0 Å². The Morgan fingerprint density at radius 3 is 1.65 bits per heavy atom. The number of hydrogen-bond acceptors (Lipinski definition) is 0. The number of halogens is 1. The molecule has 0 saturated carbocycles. The van der Waals surface area contributed by atoms with E-state index in [1.165, 1.54) is 57.8 Å². The second kappa shape index (κ2) is 11.6. The van der Waals surface area contributed by atoms with Crippen molar-refractivity contribution in [1.82, 2.24) is 0 Å². The fraction of sp³-hybridized carbons (Fsp3) is 1.00. The molecule has 0 aliphatic heterocycles. The van der Waals surface area contributed by atoms with E-state index >= 15 is 0 Å². The molecule has 0 bridgehead atoms. The van der Waals surface area contributed by atoms with Gasteiger partial charge in [0.1, 0.15) is 0 Å². The van der Waals surface area contributed by atoms with Crippen LogP contribution in [0.5, 0.6) is 0 Å². The second-order valence-electron chi connectivity index (χ2n) is 5.85. The molecule has 17 heavy (non-hydrogen) atoms. The summed E-state index contributed by atoms with van der Waals surface area (Å²) in [5.74, 6) is 1.67. The molecule has 0 fully saturated rings. The average molecular weight is 305 g/mol. The highest BCUT2D eigenvalue weighted by molar-refractivity contribution is 9.09. The van der Waals surface area contributed by atoms with Crippen LogP contribution >= 0.6 is 15.9 Å². The van der Waals surface area contributed by atoms with Gasteiger partial charge in [-0.05, 0) is 18.3 Å². The summed E-state index contributed by atoms with van der Waals surface area (Å²) in [7, 11) is 0. The fourth-order valence-corrected chi connectivity index (χ4v) is 3.48. The number of rotatable bonds is 11. The van der Waals surface area contributed by atoms with Crippen molar-refractivity contribution in [3.63, 3.8) is 0 Å². The third kappa shape index (κ3) is 10.1. The molecule has 0 nitrogen and oxygen atoms in total. The Labute approximate surface area is 118 Å². The third-order valence-corrected chi connectivity index (χ3v) is 4.52. The largest absolute Gasteiger partial charge is 0.0891 e. The van der Waals surface area contributed by atoms with Crippen molar-refractivity contribution in [1.29, 1.82) is 0 Å². The lowest BCUT2D eigenvalue weighted by Crippen LogP contribution is -2.17. The van der Waals surface area contributed by atoms with Crippen LogP contribution in [0.4, 0.5) is 0 Å². The fourth-order valence-electron chi connectivity index (χ4n) is 2.61. The van der Waals surface area contributed by atoms with Gasteiger partial charge in [-0.1, -0.05) is 95.0 Å². The topological polar surface area (TPSA) is 0 Å². The summed E-state index contributed by atoms with van der Waals surface area (Å²) in [5, 5.41) is 0. The van der Waals surface area contributed by atoms with Crippen molar-refractivity contribution >= 4 is 15.9 Å². The van der Waals surface area contributed by atoms with Crippen molar-refractivity contribution in [3.05, 3.63) is 0 Å². The van der Waals surface area contributed by atoms with E-state index in [1.807, 2.05) is 0 Å². The van der Waals surface area contributed by atoms with E-state index in [0.717, 1.165) is 11.8 Å². The molecule has 0 aromatic heterocycles. The van der Waals surface area contributed by atoms with Gasteiger partial charge in [0.2, 0.25) is 0 Å². The van der Waals surface area contributed by atoms with Gasteiger partial charge < -0.3 is 0 Å². The van der Waals surface area contributed by atoms with Gasteiger partial charge >= 0.3 is 0 Å². The van der Waals surface area contributed by atoms with E-state index in [-0.39, 0.29) is 0 Å². The minimum absolute atomic E-state index is 0.673. The first-order valence-electron chi connectivity index (χ1n) is 7.73. The molecule has 0 aromatic carbocycles. The van der Waals surface area contributed by atoms with Crippen LogP contribution in [0.1, 0.15) is 85.5 Å². The summed E-state index contributed by atoms with van der Waals surface area (Å²) in [6, 6.07) is 0. The molecule has 0 spiro atoms. The van der Waals surface area contributed by atoms with Crippen LogP contribution in [0.2, 0.25) is 0 Å². The highest BCUT2D eigenvalue weighted by Gasteiger charge is 2.17. The second-order valence-corrected chi connectivity index (χ2v) is 7.29. The van der Waals surface area contributed by atoms with E-state index in [1.54, 1.807) is 0 Å². The molecule has 0 heterocycles. The zero-order valence-corrected chi connectivity index (χ0v) is 14.1. The lowest BCUT2D eigenvalue weighted by molar-refractivity contribution is 0.346. The van der Waals surface area contributed by atoms with E-state index in [0.29, 0.717) is 4.83 Å². The molecule has 0 amide bonds. The molecule has 0 rings (SSSR count). The van der Waals surface area contributed by atoms with E-state index < -0.39 is 0 Å². The molecule has 104 valence electrons. The van der Waals surface area contributed by atoms with Gasteiger partial charge in [0, 0.05) is 4.83 Å². The quantitative estimate of drug-likeness (QED) is 0.299. The van der Waals surface area contributed by atoms with E-state index in [4.69, 9.17) is 0 Å². The summed E-state index contributed by atoms with van der Waals surface area (Å²) in [6.45, 7) is 9.29. The van der Waals surface area contributed by atoms with Crippen LogP contribution in [-0.4, -0.2) is 4.83 Å². The predicted molar refractivity (Wildman–Crippen MR) is 83.9 cm³/mol. The van der Waals surface area contributed by atoms with Crippen molar-refractivity contribution in [2.24, 2.45) is 11.8 Å². The van der Waals surface area contributed by atoms with Gasteiger partial charge in [0.25, 0.3) is 0 Å². The maximum atomic E-state index is 3.75. The maximum absolute atomic E-state index is 3.75. The van der Waals surface area contributed by atoms with E-state index in [2.05, 4.69) is 43.6 Å². The van der Waals surface area contributed by atoms with Crippen LogP contribution in [0.15, 0.2) is 0 Å². The molecule has 2 atom stereocenters. The summed E-state index contributed by atoms with van der Waals surface area (Å²) < 4.78 is 0. The van der Waals surface area contributed by atoms with Gasteiger partial charge in [-0.2, -0.15) is 0 Å². The Morgan fingerprint density at radius 2 is 1.24 bits per heavy atom. The minimum atomic E-state index is 0.673.